The Hall–Kier alpha value is -2.15. The minimum Gasteiger partial charge on any atom is -0.493 e. The van der Waals surface area contributed by atoms with Crippen molar-refractivity contribution in [1.82, 2.24) is 4.98 Å². The first-order valence-electron chi connectivity index (χ1n) is 7.11. The number of nitrogens with two attached hydrogens (primary N) is 1. The van der Waals surface area contributed by atoms with E-state index in [0.717, 1.165) is 19.3 Å². The molecule has 0 spiro atoms. The average Bonchev–Trinajstić information content (AvgIpc) is 2.89. The van der Waals surface area contributed by atoms with Gasteiger partial charge in [0.1, 0.15) is 17.4 Å². The zero-order chi connectivity index (χ0) is 15.8. The monoisotopic (exact) mass is 322 g/mol. The van der Waals surface area contributed by atoms with Crippen LogP contribution in [0.5, 0.6) is 5.75 Å². The molecule has 1 aromatic carbocycles. The molecule has 118 valence electrons. The molecule has 2 aromatic rings. The van der Waals surface area contributed by atoms with E-state index in [2.05, 4.69) is 22.4 Å². The summed E-state index contributed by atoms with van der Waals surface area (Å²) in [5, 5.41) is 6.31. The maximum absolute atomic E-state index is 13.6. The first-order valence-corrected chi connectivity index (χ1v) is 7.99. The van der Waals surface area contributed by atoms with E-state index in [9.17, 15) is 4.39 Å². The highest BCUT2D eigenvalue weighted by Crippen LogP contribution is 2.17. The van der Waals surface area contributed by atoms with E-state index >= 15 is 0 Å². The Morgan fingerprint density at radius 3 is 3.00 bits per heavy atom. The molecule has 0 radical (unpaired) electrons. The van der Waals surface area contributed by atoms with Crippen molar-refractivity contribution in [2.75, 3.05) is 17.8 Å². The second kappa shape index (κ2) is 8.33. The van der Waals surface area contributed by atoms with Crippen LogP contribution in [0.3, 0.4) is 0 Å². The molecule has 0 aliphatic rings. The third kappa shape index (κ3) is 5.33. The topological polar surface area (TPSA) is 72.5 Å². The molecule has 0 unspecified atom stereocenters. The third-order valence-electron chi connectivity index (χ3n) is 2.81. The number of ether oxygens (including phenoxy) is 1. The molecule has 0 saturated heterocycles. The number of hydrogen-bond acceptors (Lipinski definition) is 6. The van der Waals surface area contributed by atoms with Crippen LogP contribution >= 0.6 is 11.3 Å². The number of hydrogen-bond donors (Lipinski definition) is 2. The van der Waals surface area contributed by atoms with Gasteiger partial charge in [0.25, 0.3) is 0 Å². The Morgan fingerprint density at radius 1 is 1.41 bits per heavy atom. The number of rotatable bonds is 8. The fourth-order valence-corrected chi connectivity index (χ4v) is 2.33. The fourth-order valence-electron chi connectivity index (χ4n) is 1.78. The van der Waals surface area contributed by atoms with E-state index in [0.29, 0.717) is 28.9 Å². The maximum atomic E-state index is 13.6. The van der Waals surface area contributed by atoms with Gasteiger partial charge in [-0.15, -0.1) is 11.3 Å². The second-order valence-electron chi connectivity index (χ2n) is 4.72. The van der Waals surface area contributed by atoms with Gasteiger partial charge >= 0.3 is 0 Å². The lowest BCUT2D eigenvalue weighted by Gasteiger charge is -2.06. The van der Waals surface area contributed by atoms with Crippen LogP contribution in [0, 0.1) is 5.82 Å². The fraction of sp³-hybridized carbons (Fsp3) is 0.333. The van der Waals surface area contributed by atoms with Crippen LogP contribution in [0.2, 0.25) is 0 Å². The molecule has 0 bridgehead atoms. The molecule has 2 rings (SSSR count). The van der Waals surface area contributed by atoms with Crippen LogP contribution in [0.1, 0.15) is 31.7 Å². The Bertz CT molecular complexity index is 630. The summed E-state index contributed by atoms with van der Waals surface area (Å²) in [6.07, 6.45) is 4.70. The molecule has 1 heterocycles. The number of nitrogens with one attached hydrogen (secondary N) is 1. The third-order valence-corrected chi connectivity index (χ3v) is 3.57. The van der Waals surface area contributed by atoms with Gasteiger partial charge in [-0.1, -0.05) is 19.8 Å². The molecular formula is C15H19FN4OS. The number of thiazole rings is 1. The molecule has 1 aromatic heterocycles. The van der Waals surface area contributed by atoms with E-state index in [-0.39, 0.29) is 5.82 Å². The lowest BCUT2D eigenvalue weighted by Crippen LogP contribution is -1.99. The van der Waals surface area contributed by atoms with Crippen LogP contribution in [-0.4, -0.2) is 17.8 Å². The summed E-state index contributed by atoms with van der Waals surface area (Å²) in [4.78, 5) is 4.01. The van der Waals surface area contributed by atoms with Crippen molar-refractivity contribution in [3.05, 3.63) is 35.0 Å². The van der Waals surface area contributed by atoms with Gasteiger partial charge in [0.05, 0.1) is 12.8 Å². The Labute approximate surface area is 133 Å². The molecule has 0 saturated carbocycles. The van der Waals surface area contributed by atoms with E-state index in [1.165, 1.54) is 29.7 Å². The summed E-state index contributed by atoms with van der Waals surface area (Å²) in [6.45, 7) is 2.71. The lowest BCUT2D eigenvalue weighted by atomic mass is 10.2. The van der Waals surface area contributed by atoms with Crippen molar-refractivity contribution in [2.45, 2.75) is 26.2 Å². The molecule has 22 heavy (non-hydrogen) atoms. The van der Waals surface area contributed by atoms with Crippen molar-refractivity contribution >= 4 is 28.5 Å². The first-order chi connectivity index (χ1) is 10.7. The minimum atomic E-state index is -0.354. The predicted octanol–water partition coefficient (Wildman–Crippen LogP) is 3.88. The number of benzene rings is 1. The van der Waals surface area contributed by atoms with Gasteiger partial charge in [0.2, 0.25) is 5.13 Å². The molecule has 7 heteroatoms. The molecule has 0 atom stereocenters. The number of halogens is 1. The molecular weight excluding hydrogens is 303 g/mol. The number of unbranched alkanes of at least 4 members (excludes halogenated alkanes) is 2. The van der Waals surface area contributed by atoms with Crippen molar-refractivity contribution in [2.24, 2.45) is 5.10 Å². The Balaban J connectivity index is 1.93. The summed E-state index contributed by atoms with van der Waals surface area (Å²) in [5.41, 5.74) is 8.87. The average molecular weight is 322 g/mol. The van der Waals surface area contributed by atoms with Crippen molar-refractivity contribution < 1.29 is 9.13 Å². The quantitative estimate of drug-likeness (QED) is 0.439. The number of anilines is 2. The van der Waals surface area contributed by atoms with Crippen LogP contribution in [0.25, 0.3) is 0 Å². The highest BCUT2D eigenvalue weighted by molar-refractivity contribution is 7.14. The van der Waals surface area contributed by atoms with Gasteiger partial charge in [0, 0.05) is 17.0 Å². The molecule has 3 N–H and O–H groups in total. The maximum Gasteiger partial charge on any atom is 0.205 e. The number of aromatic nitrogens is 1. The zero-order valence-corrected chi connectivity index (χ0v) is 13.2. The SMILES string of the molecule is CCCCCOc1cc(F)cc(C=NNc2nc(N)cs2)c1. The van der Waals surface area contributed by atoms with Crippen molar-refractivity contribution in [1.29, 1.82) is 0 Å². The zero-order valence-electron chi connectivity index (χ0n) is 12.4. The van der Waals surface area contributed by atoms with Crippen molar-refractivity contribution in [3.63, 3.8) is 0 Å². The van der Waals surface area contributed by atoms with Crippen LogP contribution in [0.4, 0.5) is 15.3 Å². The van der Waals surface area contributed by atoms with Gasteiger partial charge in [-0.05, 0) is 18.6 Å². The predicted molar refractivity (Wildman–Crippen MR) is 89.2 cm³/mol. The van der Waals surface area contributed by atoms with Gasteiger partial charge < -0.3 is 10.5 Å². The molecule has 0 aliphatic heterocycles. The number of nitrogens with zero attached hydrogens (tertiary/aromatic N) is 2. The summed E-state index contributed by atoms with van der Waals surface area (Å²) in [7, 11) is 0. The largest absolute Gasteiger partial charge is 0.493 e. The molecule has 0 aliphatic carbocycles. The lowest BCUT2D eigenvalue weighted by molar-refractivity contribution is 0.305. The number of nitrogen functional groups attached to an aromatic ring is 1. The van der Waals surface area contributed by atoms with E-state index in [4.69, 9.17) is 10.5 Å². The van der Waals surface area contributed by atoms with Gasteiger partial charge in [-0.3, -0.25) is 5.43 Å². The highest BCUT2D eigenvalue weighted by Gasteiger charge is 2.01. The summed E-state index contributed by atoms with van der Waals surface area (Å²) in [6, 6.07) is 4.51. The van der Waals surface area contributed by atoms with Crippen LogP contribution in [-0.2, 0) is 0 Å². The molecule has 0 fully saturated rings. The number of hydrazone groups is 1. The van der Waals surface area contributed by atoms with Gasteiger partial charge in [-0.25, -0.2) is 9.37 Å². The van der Waals surface area contributed by atoms with Gasteiger partial charge in [0.15, 0.2) is 0 Å². The Kier molecular flexibility index (Phi) is 6.14. The minimum absolute atomic E-state index is 0.354. The molecule has 0 amide bonds. The van der Waals surface area contributed by atoms with Crippen LogP contribution < -0.4 is 15.9 Å². The van der Waals surface area contributed by atoms with Crippen molar-refractivity contribution in [3.8, 4) is 5.75 Å². The highest BCUT2D eigenvalue weighted by atomic mass is 32.1. The molecule has 5 nitrogen and oxygen atoms in total. The summed E-state index contributed by atoms with van der Waals surface area (Å²) in [5.74, 6) is 0.597. The van der Waals surface area contributed by atoms with E-state index in [1.54, 1.807) is 11.4 Å². The normalized spacial score (nSPS) is 11.0. The summed E-state index contributed by atoms with van der Waals surface area (Å²) >= 11 is 1.35. The van der Waals surface area contributed by atoms with E-state index in [1.807, 2.05) is 0 Å². The summed E-state index contributed by atoms with van der Waals surface area (Å²) < 4.78 is 19.1. The second-order valence-corrected chi connectivity index (χ2v) is 5.58. The van der Waals surface area contributed by atoms with Crippen LogP contribution in [0.15, 0.2) is 28.7 Å². The van der Waals surface area contributed by atoms with Gasteiger partial charge in [-0.2, -0.15) is 5.10 Å². The first kappa shape index (κ1) is 16.2. The van der Waals surface area contributed by atoms with E-state index < -0.39 is 0 Å². The Morgan fingerprint density at radius 2 is 2.27 bits per heavy atom. The smallest absolute Gasteiger partial charge is 0.205 e. The standard InChI is InChI=1S/C15H19FN4OS/c1-2-3-4-5-21-13-7-11(6-12(16)8-13)9-18-20-15-19-14(17)10-22-15/h6-10H,2-5,17H2,1H3,(H,19,20).